The molecule has 0 saturated heterocycles. The SMILES string of the molecule is CCCCCCCCCCCC[n+]1ccccc1CCC.[F-]. The van der Waals surface area contributed by atoms with Crippen LogP contribution < -0.4 is 9.27 Å². The summed E-state index contributed by atoms with van der Waals surface area (Å²) in [7, 11) is 0. The van der Waals surface area contributed by atoms with E-state index in [0.717, 1.165) is 0 Å². The topological polar surface area (TPSA) is 3.88 Å². The van der Waals surface area contributed by atoms with Gasteiger partial charge in [-0.25, -0.2) is 4.57 Å². The molecule has 1 aromatic rings. The molecule has 1 aromatic heterocycles. The Labute approximate surface area is 137 Å². The number of halogens is 1. The Hall–Kier alpha value is -0.920. The maximum atomic E-state index is 2.45. The lowest BCUT2D eigenvalue weighted by atomic mass is 10.1. The minimum absolute atomic E-state index is 0. The summed E-state index contributed by atoms with van der Waals surface area (Å²) < 4.78 is 2.45. The Balaban J connectivity index is 0.00000441. The molecule has 0 bridgehead atoms. The monoisotopic (exact) mass is 309 g/mol. The number of hydrogen-bond donors (Lipinski definition) is 0. The van der Waals surface area contributed by atoms with Gasteiger partial charge < -0.3 is 4.70 Å². The predicted molar refractivity (Wildman–Crippen MR) is 92.5 cm³/mol. The molecular formula is C20H36FN. The van der Waals surface area contributed by atoms with Crippen LogP contribution in [0.5, 0.6) is 0 Å². The van der Waals surface area contributed by atoms with Crippen LogP contribution in [0.15, 0.2) is 24.4 Å². The zero-order valence-electron chi connectivity index (χ0n) is 14.8. The number of unbranched alkanes of at least 4 members (excludes halogenated alkanes) is 9. The molecule has 0 aliphatic heterocycles. The van der Waals surface area contributed by atoms with Gasteiger partial charge in [0.05, 0.1) is 0 Å². The first kappa shape index (κ1) is 21.1. The lowest BCUT2D eigenvalue weighted by Crippen LogP contribution is -3.00. The number of pyridine rings is 1. The molecule has 0 saturated carbocycles. The molecule has 22 heavy (non-hydrogen) atoms. The van der Waals surface area contributed by atoms with Crippen molar-refractivity contribution in [3.63, 3.8) is 0 Å². The molecule has 0 aliphatic rings. The highest BCUT2D eigenvalue weighted by Crippen LogP contribution is 2.10. The summed E-state index contributed by atoms with van der Waals surface area (Å²) in [6.45, 7) is 5.75. The van der Waals surface area contributed by atoms with Crippen molar-refractivity contribution in [3.05, 3.63) is 30.1 Å². The summed E-state index contributed by atoms with van der Waals surface area (Å²) in [6, 6.07) is 6.61. The van der Waals surface area contributed by atoms with Gasteiger partial charge in [0.15, 0.2) is 11.9 Å². The average molecular weight is 310 g/mol. The highest BCUT2D eigenvalue weighted by atomic mass is 19.0. The Bertz CT molecular complexity index is 351. The minimum Gasteiger partial charge on any atom is -1.00 e. The van der Waals surface area contributed by atoms with Crippen molar-refractivity contribution < 1.29 is 9.27 Å². The molecule has 0 spiro atoms. The summed E-state index contributed by atoms with van der Waals surface area (Å²) in [5.74, 6) is 0. The van der Waals surface area contributed by atoms with Crippen molar-refractivity contribution >= 4 is 0 Å². The highest BCUT2D eigenvalue weighted by molar-refractivity contribution is 4.97. The van der Waals surface area contributed by atoms with E-state index in [9.17, 15) is 0 Å². The molecule has 128 valence electrons. The second-order valence-electron chi connectivity index (χ2n) is 6.32. The zero-order valence-corrected chi connectivity index (χ0v) is 14.8. The van der Waals surface area contributed by atoms with E-state index in [0.29, 0.717) is 0 Å². The van der Waals surface area contributed by atoms with Gasteiger partial charge >= 0.3 is 0 Å². The maximum absolute atomic E-state index is 2.45. The van der Waals surface area contributed by atoms with E-state index in [2.05, 4.69) is 42.8 Å². The quantitative estimate of drug-likeness (QED) is 0.390. The van der Waals surface area contributed by atoms with Crippen molar-refractivity contribution in [1.82, 2.24) is 0 Å². The first-order chi connectivity index (χ1) is 10.4. The Morgan fingerprint density at radius 2 is 1.32 bits per heavy atom. The van der Waals surface area contributed by atoms with Crippen molar-refractivity contribution in [2.75, 3.05) is 0 Å². The van der Waals surface area contributed by atoms with Gasteiger partial charge in [0.2, 0.25) is 0 Å². The molecule has 0 atom stereocenters. The molecule has 1 rings (SSSR count). The third-order valence-corrected chi connectivity index (χ3v) is 4.29. The van der Waals surface area contributed by atoms with Crippen LogP contribution in [0.1, 0.15) is 90.2 Å². The maximum Gasteiger partial charge on any atom is 0.181 e. The van der Waals surface area contributed by atoms with Crippen LogP contribution >= 0.6 is 0 Å². The second-order valence-corrected chi connectivity index (χ2v) is 6.32. The lowest BCUT2D eigenvalue weighted by Gasteiger charge is -2.04. The van der Waals surface area contributed by atoms with Gasteiger partial charge in [-0.1, -0.05) is 71.3 Å². The van der Waals surface area contributed by atoms with Crippen LogP contribution in [0.2, 0.25) is 0 Å². The van der Waals surface area contributed by atoms with E-state index in [-0.39, 0.29) is 4.70 Å². The van der Waals surface area contributed by atoms with Gasteiger partial charge in [-0.15, -0.1) is 0 Å². The van der Waals surface area contributed by atoms with Crippen LogP contribution in [0.3, 0.4) is 0 Å². The summed E-state index contributed by atoms with van der Waals surface area (Å²) in [4.78, 5) is 0. The zero-order chi connectivity index (χ0) is 15.2. The van der Waals surface area contributed by atoms with Gasteiger partial charge in [-0.05, 0) is 12.8 Å². The van der Waals surface area contributed by atoms with E-state index in [1.54, 1.807) is 0 Å². The fourth-order valence-electron chi connectivity index (χ4n) is 2.98. The number of nitrogens with zero attached hydrogens (tertiary/aromatic N) is 1. The van der Waals surface area contributed by atoms with Gasteiger partial charge in [0.1, 0.15) is 6.54 Å². The molecule has 0 aromatic carbocycles. The van der Waals surface area contributed by atoms with E-state index in [1.807, 2.05) is 0 Å². The van der Waals surface area contributed by atoms with E-state index >= 15 is 0 Å². The molecule has 2 heteroatoms. The normalized spacial score (nSPS) is 10.5. The van der Waals surface area contributed by atoms with Crippen LogP contribution in [0.4, 0.5) is 0 Å². The van der Waals surface area contributed by atoms with Crippen LogP contribution in [-0.2, 0) is 13.0 Å². The molecule has 1 nitrogen and oxygen atoms in total. The third-order valence-electron chi connectivity index (χ3n) is 4.29. The second kappa shape index (κ2) is 15.0. The standard InChI is InChI=1S/C20H36N.FH/c1-3-5-6-7-8-9-10-11-12-14-18-21-19-15-13-17-20(21)16-4-2;/h13,15,17,19H,3-12,14,16,18H2,1-2H3;1H/q+1;/p-1. The van der Waals surface area contributed by atoms with Gasteiger partial charge in [-0.2, -0.15) is 0 Å². The smallest absolute Gasteiger partial charge is 0.181 e. The summed E-state index contributed by atoms with van der Waals surface area (Å²) in [5, 5.41) is 0. The number of aryl methyl sites for hydroxylation is 2. The van der Waals surface area contributed by atoms with E-state index in [4.69, 9.17) is 0 Å². The first-order valence-electron chi connectivity index (χ1n) is 9.35. The molecule has 0 fully saturated rings. The molecule has 0 unspecified atom stereocenters. The Kier molecular flexibility index (Phi) is 14.4. The Morgan fingerprint density at radius 3 is 1.91 bits per heavy atom. The highest BCUT2D eigenvalue weighted by Gasteiger charge is 2.07. The van der Waals surface area contributed by atoms with E-state index < -0.39 is 0 Å². The molecular weight excluding hydrogens is 273 g/mol. The van der Waals surface area contributed by atoms with Gasteiger partial charge in [0.25, 0.3) is 0 Å². The number of aromatic nitrogens is 1. The fraction of sp³-hybridized carbons (Fsp3) is 0.750. The van der Waals surface area contributed by atoms with Crippen molar-refractivity contribution in [3.8, 4) is 0 Å². The van der Waals surface area contributed by atoms with Crippen LogP contribution in [0, 0.1) is 0 Å². The van der Waals surface area contributed by atoms with Gasteiger partial charge in [0, 0.05) is 25.0 Å². The Morgan fingerprint density at radius 1 is 0.727 bits per heavy atom. The molecule has 0 radical (unpaired) electrons. The van der Waals surface area contributed by atoms with E-state index in [1.165, 1.54) is 89.3 Å². The minimum atomic E-state index is 0. The predicted octanol–water partition coefficient (Wildman–Crippen LogP) is 2.85. The van der Waals surface area contributed by atoms with Gasteiger partial charge in [-0.3, -0.25) is 0 Å². The van der Waals surface area contributed by atoms with Crippen molar-refractivity contribution in [1.29, 1.82) is 0 Å². The van der Waals surface area contributed by atoms with Crippen molar-refractivity contribution in [2.45, 2.75) is 97.4 Å². The van der Waals surface area contributed by atoms with Crippen LogP contribution in [-0.4, -0.2) is 0 Å². The molecule has 0 N–H and O–H groups in total. The lowest BCUT2D eigenvalue weighted by molar-refractivity contribution is -0.704. The molecule has 0 amide bonds. The largest absolute Gasteiger partial charge is 1.00 e. The fourth-order valence-corrected chi connectivity index (χ4v) is 2.98. The van der Waals surface area contributed by atoms with Crippen molar-refractivity contribution in [2.24, 2.45) is 0 Å². The third kappa shape index (κ3) is 9.92. The molecule has 0 aliphatic carbocycles. The number of rotatable bonds is 13. The first-order valence-corrected chi connectivity index (χ1v) is 9.35. The molecule has 1 heterocycles. The summed E-state index contributed by atoms with van der Waals surface area (Å²) >= 11 is 0. The number of hydrogen-bond acceptors (Lipinski definition) is 0. The van der Waals surface area contributed by atoms with Crippen LogP contribution in [0.25, 0.3) is 0 Å². The average Bonchev–Trinajstić information content (AvgIpc) is 2.51. The summed E-state index contributed by atoms with van der Waals surface area (Å²) in [5.41, 5.74) is 1.50. The summed E-state index contributed by atoms with van der Waals surface area (Å²) in [6.07, 6.45) is 18.9.